The molecule has 0 spiro atoms. The van der Waals surface area contributed by atoms with E-state index in [9.17, 15) is 4.79 Å². The number of isocyanates is 1. The molecule has 2 heteroatoms. The van der Waals surface area contributed by atoms with Crippen LogP contribution in [0.3, 0.4) is 0 Å². The lowest BCUT2D eigenvalue weighted by Gasteiger charge is -2.24. The third-order valence-electron chi connectivity index (χ3n) is 2.56. The first kappa shape index (κ1) is 9.47. The summed E-state index contributed by atoms with van der Waals surface area (Å²) in [5.41, 5.74) is 0. The van der Waals surface area contributed by atoms with Gasteiger partial charge in [-0.05, 0) is 19.3 Å². The number of carbonyl (C=O) groups excluding carboxylic acids is 1. The van der Waals surface area contributed by atoms with Crippen molar-refractivity contribution in [1.82, 2.24) is 0 Å². The molecular weight excluding hydrogens is 150 g/mol. The van der Waals surface area contributed by atoms with E-state index in [0.29, 0.717) is 0 Å². The maximum absolute atomic E-state index is 10.1. The molecule has 1 radical (unpaired) electrons. The Morgan fingerprint density at radius 2 is 2.08 bits per heavy atom. The summed E-state index contributed by atoms with van der Waals surface area (Å²) in [6.45, 7) is 2.08. The molecule has 67 valence electrons. The van der Waals surface area contributed by atoms with Crippen molar-refractivity contribution in [3.8, 4) is 0 Å². The van der Waals surface area contributed by atoms with Crippen LogP contribution in [0.15, 0.2) is 4.99 Å². The molecule has 0 amide bonds. The molecule has 2 nitrogen and oxygen atoms in total. The topological polar surface area (TPSA) is 29.4 Å². The molecule has 1 unspecified atom stereocenters. The number of hydrogen-bond donors (Lipinski definition) is 0. The Hall–Kier alpha value is -0.620. The van der Waals surface area contributed by atoms with Gasteiger partial charge in [-0.1, -0.05) is 26.2 Å². The second-order valence-corrected chi connectivity index (χ2v) is 3.36. The quantitative estimate of drug-likeness (QED) is 0.468. The van der Waals surface area contributed by atoms with Crippen molar-refractivity contribution in [2.45, 2.75) is 51.5 Å². The summed E-state index contributed by atoms with van der Waals surface area (Å²) in [6.07, 6.45) is 8.85. The molecule has 1 saturated carbocycles. The van der Waals surface area contributed by atoms with Crippen LogP contribution in [0.5, 0.6) is 0 Å². The van der Waals surface area contributed by atoms with Crippen molar-refractivity contribution in [1.29, 1.82) is 0 Å². The summed E-state index contributed by atoms with van der Waals surface area (Å²) in [4.78, 5) is 13.9. The Balaban J connectivity index is 2.45. The Bertz CT molecular complexity index is 167. The van der Waals surface area contributed by atoms with Crippen molar-refractivity contribution in [2.75, 3.05) is 0 Å². The van der Waals surface area contributed by atoms with Gasteiger partial charge in [0.05, 0.1) is 6.04 Å². The minimum absolute atomic E-state index is 0.169. The van der Waals surface area contributed by atoms with E-state index in [1.54, 1.807) is 6.08 Å². The van der Waals surface area contributed by atoms with Crippen LogP contribution in [-0.4, -0.2) is 12.1 Å². The summed E-state index contributed by atoms with van der Waals surface area (Å²) >= 11 is 0. The van der Waals surface area contributed by atoms with E-state index in [-0.39, 0.29) is 6.04 Å². The minimum atomic E-state index is 0.169. The van der Waals surface area contributed by atoms with Crippen molar-refractivity contribution in [2.24, 2.45) is 4.99 Å². The highest BCUT2D eigenvalue weighted by Crippen LogP contribution is 2.30. The van der Waals surface area contributed by atoms with Crippen LogP contribution in [0.4, 0.5) is 0 Å². The van der Waals surface area contributed by atoms with Crippen molar-refractivity contribution >= 4 is 6.08 Å². The van der Waals surface area contributed by atoms with Crippen molar-refractivity contribution < 1.29 is 4.79 Å². The Kier molecular flexibility index (Phi) is 4.02. The fourth-order valence-corrected chi connectivity index (χ4v) is 1.87. The van der Waals surface area contributed by atoms with Gasteiger partial charge in [-0.15, -0.1) is 0 Å². The standard InChI is InChI=1S/C10H16NO/c1-2-10(11-8-12)9-6-4-3-5-7-9/h10H,2-7H2,1H3. The molecule has 1 aliphatic carbocycles. The SMILES string of the molecule is CCC(N=C=O)[C]1CCCCC1. The van der Waals surface area contributed by atoms with E-state index in [1.807, 2.05) is 0 Å². The first-order valence-electron chi connectivity index (χ1n) is 4.80. The number of rotatable bonds is 3. The van der Waals surface area contributed by atoms with E-state index in [2.05, 4.69) is 11.9 Å². The summed E-state index contributed by atoms with van der Waals surface area (Å²) in [6, 6.07) is 0.169. The van der Waals surface area contributed by atoms with Gasteiger partial charge in [-0.3, -0.25) is 0 Å². The Labute approximate surface area is 74.1 Å². The van der Waals surface area contributed by atoms with Gasteiger partial charge < -0.3 is 0 Å². The monoisotopic (exact) mass is 166 g/mol. The van der Waals surface area contributed by atoms with Crippen molar-refractivity contribution in [3.63, 3.8) is 0 Å². The first-order chi connectivity index (χ1) is 5.88. The lowest BCUT2D eigenvalue weighted by atomic mass is 9.83. The van der Waals surface area contributed by atoms with Gasteiger partial charge in [0.15, 0.2) is 0 Å². The van der Waals surface area contributed by atoms with E-state index in [0.717, 1.165) is 6.42 Å². The zero-order valence-electron chi connectivity index (χ0n) is 7.68. The van der Waals surface area contributed by atoms with Crippen LogP contribution in [0.25, 0.3) is 0 Å². The van der Waals surface area contributed by atoms with Crippen LogP contribution in [0.2, 0.25) is 0 Å². The van der Waals surface area contributed by atoms with E-state index in [4.69, 9.17) is 0 Å². The third kappa shape index (κ3) is 2.46. The predicted molar refractivity (Wildman–Crippen MR) is 48.5 cm³/mol. The molecule has 1 aliphatic rings. The van der Waals surface area contributed by atoms with Gasteiger partial charge in [0, 0.05) is 5.92 Å². The highest BCUT2D eigenvalue weighted by Gasteiger charge is 2.21. The molecule has 0 saturated heterocycles. The summed E-state index contributed by atoms with van der Waals surface area (Å²) in [5.74, 6) is 1.46. The smallest absolute Gasteiger partial charge is 0.211 e. The van der Waals surface area contributed by atoms with Gasteiger partial charge in [-0.25, -0.2) is 9.79 Å². The van der Waals surface area contributed by atoms with Crippen LogP contribution >= 0.6 is 0 Å². The van der Waals surface area contributed by atoms with E-state index >= 15 is 0 Å². The lowest BCUT2D eigenvalue weighted by molar-refractivity contribution is 0.465. The molecular formula is C10H16NO. The van der Waals surface area contributed by atoms with Gasteiger partial charge in [-0.2, -0.15) is 0 Å². The Morgan fingerprint density at radius 1 is 1.42 bits per heavy atom. The third-order valence-corrected chi connectivity index (χ3v) is 2.56. The summed E-state index contributed by atoms with van der Waals surface area (Å²) in [7, 11) is 0. The molecule has 12 heavy (non-hydrogen) atoms. The van der Waals surface area contributed by atoms with E-state index in [1.165, 1.54) is 38.0 Å². The van der Waals surface area contributed by atoms with Crippen LogP contribution in [-0.2, 0) is 4.79 Å². The van der Waals surface area contributed by atoms with Gasteiger partial charge >= 0.3 is 0 Å². The average Bonchev–Trinajstić information content (AvgIpc) is 2.15. The van der Waals surface area contributed by atoms with Gasteiger partial charge in [0.2, 0.25) is 6.08 Å². The summed E-state index contributed by atoms with van der Waals surface area (Å²) in [5, 5.41) is 0. The van der Waals surface area contributed by atoms with Crippen LogP contribution in [0, 0.1) is 5.92 Å². The Morgan fingerprint density at radius 3 is 2.58 bits per heavy atom. The highest BCUT2D eigenvalue weighted by molar-refractivity contribution is 5.34. The number of nitrogens with zero attached hydrogens (tertiary/aromatic N) is 1. The molecule has 0 bridgehead atoms. The van der Waals surface area contributed by atoms with Crippen LogP contribution < -0.4 is 0 Å². The fourth-order valence-electron chi connectivity index (χ4n) is 1.87. The van der Waals surface area contributed by atoms with Gasteiger partial charge in [0.1, 0.15) is 0 Å². The maximum Gasteiger partial charge on any atom is 0.235 e. The lowest BCUT2D eigenvalue weighted by Crippen LogP contribution is -2.18. The van der Waals surface area contributed by atoms with Crippen molar-refractivity contribution in [3.05, 3.63) is 5.92 Å². The highest BCUT2D eigenvalue weighted by atomic mass is 16.1. The predicted octanol–water partition coefficient (Wildman–Crippen LogP) is 2.64. The second kappa shape index (κ2) is 5.10. The molecule has 0 heterocycles. The zero-order valence-corrected chi connectivity index (χ0v) is 7.68. The molecule has 0 N–H and O–H groups in total. The molecule has 0 aromatic rings. The molecule has 1 rings (SSSR count). The molecule has 0 aromatic heterocycles. The molecule has 1 fully saturated rings. The number of hydrogen-bond acceptors (Lipinski definition) is 2. The maximum atomic E-state index is 10.1. The van der Waals surface area contributed by atoms with E-state index < -0.39 is 0 Å². The zero-order chi connectivity index (χ0) is 8.81. The van der Waals surface area contributed by atoms with Crippen LogP contribution in [0.1, 0.15) is 45.4 Å². The molecule has 0 aromatic carbocycles. The molecule has 0 aliphatic heterocycles. The first-order valence-corrected chi connectivity index (χ1v) is 4.80. The normalized spacial score (nSPS) is 21.4. The average molecular weight is 166 g/mol. The minimum Gasteiger partial charge on any atom is -0.211 e. The number of aliphatic imine (C=N–C) groups is 1. The fraction of sp³-hybridized carbons (Fsp3) is 0.800. The van der Waals surface area contributed by atoms with Gasteiger partial charge in [0.25, 0.3) is 0 Å². The largest absolute Gasteiger partial charge is 0.235 e. The molecule has 1 atom stereocenters. The summed E-state index contributed by atoms with van der Waals surface area (Å²) < 4.78 is 0. The second-order valence-electron chi connectivity index (χ2n) is 3.36.